The number of piperidine rings is 1. The van der Waals surface area contributed by atoms with Crippen LogP contribution in [0.4, 0.5) is 11.5 Å². The maximum absolute atomic E-state index is 12.9. The Labute approximate surface area is 182 Å². The molecule has 31 heavy (non-hydrogen) atoms. The summed E-state index contributed by atoms with van der Waals surface area (Å²) in [6.07, 6.45) is 8.05. The van der Waals surface area contributed by atoms with Crippen molar-refractivity contribution in [2.75, 3.05) is 36.0 Å². The number of nitrogens with zero attached hydrogens (tertiary/aromatic N) is 6. The number of amides is 1. The Hall–Kier alpha value is -3.16. The normalized spacial score (nSPS) is 16.8. The Morgan fingerprint density at radius 1 is 0.935 bits per heavy atom. The summed E-state index contributed by atoms with van der Waals surface area (Å²) in [5.41, 5.74) is 2.89. The topological polar surface area (TPSA) is 79.2 Å². The molecule has 0 radical (unpaired) electrons. The van der Waals surface area contributed by atoms with Crippen LogP contribution >= 0.6 is 0 Å². The van der Waals surface area contributed by atoms with Gasteiger partial charge >= 0.3 is 0 Å². The Kier molecular flexibility index (Phi) is 5.44. The monoisotopic (exact) mass is 419 g/mol. The van der Waals surface area contributed by atoms with Crippen LogP contribution < -0.4 is 15.1 Å². The molecule has 0 atom stereocenters. The van der Waals surface area contributed by atoms with E-state index < -0.39 is 0 Å². The minimum absolute atomic E-state index is 0.179. The van der Waals surface area contributed by atoms with Gasteiger partial charge in [-0.15, -0.1) is 0 Å². The SMILES string of the molecule is Cn1cc2c(N3CCCC3)nc(C(=O)NCc3ccc(N4CCCCC4)cc3)nc2n1. The first-order valence-corrected chi connectivity index (χ1v) is 11.3. The highest BCUT2D eigenvalue weighted by atomic mass is 16.2. The number of carbonyl (C=O) groups excluding carboxylic acids is 1. The van der Waals surface area contributed by atoms with Crippen LogP contribution in [0.2, 0.25) is 0 Å². The first-order valence-electron chi connectivity index (χ1n) is 11.3. The van der Waals surface area contributed by atoms with E-state index in [2.05, 4.69) is 54.4 Å². The van der Waals surface area contributed by atoms with E-state index in [0.717, 1.165) is 55.8 Å². The number of aryl methyl sites for hydroxylation is 1. The summed E-state index contributed by atoms with van der Waals surface area (Å²) in [7, 11) is 1.86. The predicted octanol–water partition coefficient (Wildman–Crippen LogP) is 2.88. The lowest BCUT2D eigenvalue weighted by Gasteiger charge is -2.28. The van der Waals surface area contributed by atoms with E-state index in [1.807, 2.05) is 13.2 Å². The molecule has 5 rings (SSSR count). The smallest absolute Gasteiger partial charge is 0.289 e. The molecule has 1 N–H and O–H groups in total. The second-order valence-corrected chi connectivity index (χ2v) is 8.50. The van der Waals surface area contributed by atoms with Crippen molar-refractivity contribution in [1.82, 2.24) is 25.1 Å². The van der Waals surface area contributed by atoms with E-state index in [4.69, 9.17) is 0 Å². The molecule has 8 heteroatoms. The highest BCUT2D eigenvalue weighted by Gasteiger charge is 2.22. The first kappa shape index (κ1) is 19.8. The third-order valence-electron chi connectivity index (χ3n) is 6.19. The van der Waals surface area contributed by atoms with E-state index >= 15 is 0 Å². The molecule has 0 aliphatic carbocycles. The van der Waals surface area contributed by atoms with Gasteiger partial charge in [-0.1, -0.05) is 12.1 Å². The summed E-state index contributed by atoms with van der Waals surface area (Å²) in [5, 5.41) is 8.29. The molecular formula is C23H29N7O. The minimum Gasteiger partial charge on any atom is -0.372 e. The van der Waals surface area contributed by atoms with Gasteiger partial charge in [0.2, 0.25) is 5.82 Å². The third-order valence-corrected chi connectivity index (χ3v) is 6.19. The van der Waals surface area contributed by atoms with Crippen LogP contribution in [-0.2, 0) is 13.6 Å². The Bertz CT molecular complexity index is 1060. The van der Waals surface area contributed by atoms with Gasteiger partial charge < -0.3 is 15.1 Å². The van der Waals surface area contributed by atoms with Crippen molar-refractivity contribution < 1.29 is 4.79 Å². The maximum atomic E-state index is 12.9. The number of hydrogen-bond donors (Lipinski definition) is 1. The predicted molar refractivity (Wildman–Crippen MR) is 121 cm³/mol. The average Bonchev–Trinajstić information content (AvgIpc) is 3.47. The molecule has 2 aromatic heterocycles. The van der Waals surface area contributed by atoms with Crippen molar-refractivity contribution in [1.29, 1.82) is 0 Å². The van der Waals surface area contributed by atoms with E-state index in [1.54, 1.807) is 4.68 Å². The second kappa shape index (κ2) is 8.53. The lowest BCUT2D eigenvalue weighted by atomic mass is 10.1. The molecule has 162 valence electrons. The molecule has 3 aromatic rings. The van der Waals surface area contributed by atoms with Crippen LogP contribution in [0.25, 0.3) is 11.0 Å². The van der Waals surface area contributed by atoms with Crippen LogP contribution in [0.15, 0.2) is 30.5 Å². The van der Waals surface area contributed by atoms with E-state index in [1.165, 1.54) is 24.9 Å². The Balaban J connectivity index is 1.30. The zero-order valence-corrected chi connectivity index (χ0v) is 18.0. The van der Waals surface area contributed by atoms with Gasteiger partial charge in [0.25, 0.3) is 5.91 Å². The van der Waals surface area contributed by atoms with Crippen molar-refractivity contribution in [2.45, 2.75) is 38.6 Å². The molecule has 4 heterocycles. The number of anilines is 2. The van der Waals surface area contributed by atoms with Crippen LogP contribution in [-0.4, -0.2) is 51.8 Å². The average molecular weight is 420 g/mol. The standard InChI is InChI=1S/C23H29N7O/c1-28-16-19-20(27-28)25-21(26-22(19)30-13-5-6-14-30)23(31)24-15-17-7-9-18(10-8-17)29-11-3-2-4-12-29/h7-10,16H,2-6,11-15H2,1H3,(H,24,31). The third kappa shape index (κ3) is 4.19. The van der Waals surface area contributed by atoms with Crippen LogP contribution in [0.5, 0.6) is 0 Å². The number of hydrogen-bond acceptors (Lipinski definition) is 6. The summed E-state index contributed by atoms with van der Waals surface area (Å²) in [6.45, 7) is 4.60. The zero-order valence-electron chi connectivity index (χ0n) is 18.0. The Morgan fingerprint density at radius 3 is 2.35 bits per heavy atom. The summed E-state index contributed by atoms with van der Waals surface area (Å²) in [6, 6.07) is 8.47. The highest BCUT2D eigenvalue weighted by molar-refractivity contribution is 5.95. The largest absolute Gasteiger partial charge is 0.372 e. The van der Waals surface area contributed by atoms with Crippen molar-refractivity contribution >= 4 is 28.4 Å². The van der Waals surface area contributed by atoms with E-state index in [9.17, 15) is 4.79 Å². The molecule has 2 saturated heterocycles. The number of benzene rings is 1. The molecule has 1 amide bonds. The van der Waals surface area contributed by atoms with Gasteiger partial charge in [0.1, 0.15) is 5.82 Å². The van der Waals surface area contributed by atoms with Crippen molar-refractivity contribution in [3.8, 4) is 0 Å². The van der Waals surface area contributed by atoms with Crippen molar-refractivity contribution in [3.05, 3.63) is 41.9 Å². The van der Waals surface area contributed by atoms with Gasteiger partial charge in [-0.25, -0.2) is 9.97 Å². The summed E-state index contributed by atoms with van der Waals surface area (Å²) in [5.74, 6) is 0.720. The molecule has 2 fully saturated rings. The van der Waals surface area contributed by atoms with Gasteiger partial charge in [0.05, 0.1) is 5.39 Å². The summed E-state index contributed by atoms with van der Waals surface area (Å²) in [4.78, 5) is 26.6. The van der Waals surface area contributed by atoms with E-state index in [-0.39, 0.29) is 11.7 Å². The van der Waals surface area contributed by atoms with Gasteiger partial charge in [-0.05, 0) is 49.8 Å². The van der Waals surface area contributed by atoms with Gasteiger partial charge in [0.15, 0.2) is 5.65 Å². The molecule has 2 aliphatic heterocycles. The molecule has 0 saturated carbocycles. The molecule has 0 unspecified atom stereocenters. The summed E-state index contributed by atoms with van der Waals surface area (Å²) >= 11 is 0. The molecule has 0 bridgehead atoms. The number of carbonyl (C=O) groups is 1. The molecule has 2 aliphatic rings. The lowest BCUT2D eigenvalue weighted by molar-refractivity contribution is 0.0941. The van der Waals surface area contributed by atoms with Crippen LogP contribution in [0.3, 0.4) is 0 Å². The number of nitrogens with one attached hydrogen (secondary N) is 1. The van der Waals surface area contributed by atoms with Crippen LogP contribution in [0, 0.1) is 0 Å². The van der Waals surface area contributed by atoms with Gasteiger partial charge in [-0.2, -0.15) is 5.10 Å². The number of fused-ring (bicyclic) bond motifs is 1. The highest BCUT2D eigenvalue weighted by Crippen LogP contribution is 2.26. The Morgan fingerprint density at radius 2 is 1.61 bits per heavy atom. The fraction of sp³-hybridized carbons (Fsp3) is 0.478. The lowest BCUT2D eigenvalue weighted by Crippen LogP contribution is -2.29. The molecule has 0 spiro atoms. The second-order valence-electron chi connectivity index (χ2n) is 8.50. The molecular weight excluding hydrogens is 390 g/mol. The summed E-state index contributed by atoms with van der Waals surface area (Å²) < 4.78 is 1.73. The van der Waals surface area contributed by atoms with E-state index in [0.29, 0.717) is 12.2 Å². The van der Waals surface area contributed by atoms with Crippen molar-refractivity contribution in [2.24, 2.45) is 7.05 Å². The van der Waals surface area contributed by atoms with Gasteiger partial charge in [0, 0.05) is 51.7 Å². The first-order chi connectivity index (χ1) is 15.2. The maximum Gasteiger partial charge on any atom is 0.289 e. The fourth-order valence-corrected chi connectivity index (χ4v) is 4.51. The minimum atomic E-state index is -0.270. The quantitative estimate of drug-likeness (QED) is 0.685. The van der Waals surface area contributed by atoms with Gasteiger partial charge in [-0.3, -0.25) is 9.48 Å². The fourth-order valence-electron chi connectivity index (χ4n) is 4.51. The zero-order chi connectivity index (χ0) is 21.2. The molecule has 1 aromatic carbocycles. The van der Waals surface area contributed by atoms with Crippen LogP contribution in [0.1, 0.15) is 48.3 Å². The molecule has 8 nitrogen and oxygen atoms in total. The number of aromatic nitrogens is 4. The number of rotatable bonds is 5. The van der Waals surface area contributed by atoms with Crippen molar-refractivity contribution in [3.63, 3.8) is 0 Å².